The molecule has 3 rings (SSSR count). The summed E-state index contributed by atoms with van der Waals surface area (Å²) in [5.74, 6) is -0.463. The first-order valence-corrected chi connectivity index (χ1v) is 10.2. The van der Waals surface area contributed by atoms with Crippen LogP contribution in [0, 0.1) is 5.82 Å². The van der Waals surface area contributed by atoms with Gasteiger partial charge < -0.3 is 15.2 Å². The molecule has 0 amide bonds. The zero-order valence-electron chi connectivity index (χ0n) is 17.6. The van der Waals surface area contributed by atoms with Gasteiger partial charge in [0.25, 0.3) is 0 Å². The first-order chi connectivity index (χ1) is 15.4. The Morgan fingerprint density at radius 1 is 1.03 bits per heavy atom. The van der Waals surface area contributed by atoms with Crippen molar-refractivity contribution in [3.05, 3.63) is 70.5 Å². The van der Waals surface area contributed by atoms with Crippen molar-refractivity contribution in [2.45, 2.75) is 37.7 Å². The Morgan fingerprint density at radius 2 is 1.61 bits per heavy atom. The number of halogens is 7. The third-order valence-corrected chi connectivity index (χ3v) is 5.36. The molecule has 0 saturated carbocycles. The van der Waals surface area contributed by atoms with Gasteiger partial charge in [0, 0.05) is 19.6 Å². The van der Waals surface area contributed by atoms with Crippen LogP contribution in [0.3, 0.4) is 0 Å². The second-order valence-electron chi connectivity index (χ2n) is 7.68. The Hall–Kier alpha value is -2.21. The lowest BCUT2D eigenvalue weighted by Gasteiger charge is -2.42. The lowest BCUT2D eigenvalue weighted by atomic mass is 10.0. The van der Waals surface area contributed by atoms with Crippen LogP contribution in [0.15, 0.2) is 42.5 Å². The predicted octanol–water partition coefficient (Wildman–Crippen LogP) is 5.30. The van der Waals surface area contributed by atoms with E-state index in [1.165, 1.54) is 31.2 Å². The number of hydrogen-bond donors (Lipinski definition) is 1. The zero-order valence-corrected chi connectivity index (χ0v) is 17.6. The fourth-order valence-electron chi connectivity index (χ4n) is 3.74. The number of benzene rings is 2. The summed E-state index contributed by atoms with van der Waals surface area (Å²) < 4.78 is 104. The summed E-state index contributed by atoms with van der Waals surface area (Å²) in [6.45, 7) is 2.76. The molecule has 1 heterocycles. The number of ether oxygens (including phenoxy) is 2. The van der Waals surface area contributed by atoms with Crippen molar-refractivity contribution in [1.29, 1.82) is 0 Å². The van der Waals surface area contributed by atoms with Crippen LogP contribution in [-0.2, 0) is 21.8 Å². The lowest BCUT2D eigenvalue weighted by Crippen LogP contribution is -2.48. The number of morpholine rings is 1. The van der Waals surface area contributed by atoms with Gasteiger partial charge in [-0.25, -0.2) is 4.39 Å². The maximum Gasteiger partial charge on any atom is 0.416 e. The van der Waals surface area contributed by atoms with Gasteiger partial charge in [0.2, 0.25) is 0 Å². The van der Waals surface area contributed by atoms with Crippen LogP contribution in [0.1, 0.15) is 41.3 Å². The summed E-state index contributed by atoms with van der Waals surface area (Å²) in [6.07, 6.45) is -12.1. The van der Waals surface area contributed by atoms with Gasteiger partial charge in [-0.3, -0.25) is 4.90 Å². The van der Waals surface area contributed by atoms with Crippen molar-refractivity contribution in [1.82, 2.24) is 4.90 Å². The molecule has 1 saturated heterocycles. The molecule has 1 aliphatic heterocycles. The maximum atomic E-state index is 13.4. The summed E-state index contributed by atoms with van der Waals surface area (Å²) in [7, 11) is 0. The zero-order chi connectivity index (χ0) is 24.4. The highest BCUT2D eigenvalue weighted by molar-refractivity contribution is 5.34. The standard InChI is InChI=1S/C22H23F7N2O2/c1-13(15-10-16(21(24,25)26)12-17(11-15)22(27,28)29)33-20-19(14-2-4-18(23)5-3-14)31(7-6-30)8-9-32-20/h2-5,10-13,19-20H,6-9,30H2,1H3. The molecule has 0 spiro atoms. The quantitative estimate of drug-likeness (QED) is 0.571. The Balaban J connectivity index is 1.93. The minimum Gasteiger partial charge on any atom is -0.349 e. The van der Waals surface area contributed by atoms with Crippen molar-refractivity contribution in [3.8, 4) is 0 Å². The van der Waals surface area contributed by atoms with E-state index in [2.05, 4.69) is 0 Å². The molecule has 0 radical (unpaired) electrons. The second kappa shape index (κ2) is 9.96. The van der Waals surface area contributed by atoms with E-state index in [9.17, 15) is 30.7 Å². The van der Waals surface area contributed by atoms with E-state index < -0.39 is 47.7 Å². The molecule has 3 unspecified atom stereocenters. The molecule has 11 heteroatoms. The third-order valence-electron chi connectivity index (χ3n) is 5.36. The molecule has 3 atom stereocenters. The van der Waals surface area contributed by atoms with E-state index in [-0.39, 0.29) is 18.2 Å². The molecule has 1 fully saturated rings. The molecule has 4 nitrogen and oxygen atoms in total. The number of hydrogen-bond acceptors (Lipinski definition) is 4. The van der Waals surface area contributed by atoms with Crippen molar-refractivity contribution < 1.29 is 40.2 Å². The number of rotatable bonds is 6. The summed E-state index contributed by atoms with van der Waals surface area (Å²) in [4.78, 5) is 1.92. The fraction of sp³-hybridized carbons (Fsp3) is 0.455. The van der Waals surface area contributed by atoms with Gasteiger partial charge in [0.15, 0.2) is 6.29 Å². The monoisotopic (exact) mass is 480 g/mol. The van der Waals surface area contributed by atoms with Gasteiger partial charge in [0.05, 0.1) is 29.9 Å². The van der Waals surface area contributed by atoms with E-state index in [0.717, 1.165) is 0 Å². The van der Waals surface area contributed by atoms with E-state index in [0.29, 0.717) is 37.3 Å². The van der Waals surface area contributed by atoms with Gasteiger partial charge >= 0.3 is 12.4 Å². The van der Waals surface area contributed by atoms with Crippen molar-refractivity contribution in [2.75, 3.05) is 26.2 Å². The molecule has 0 bridgehead atoms. The Labute approximate surface area is 186 Å². The van der Waals surface area contributed by atoms with Gasteiger partial charge in [0.1, 0.15) is 5.82 Å². The van der Waals surface area contributed by atoms with Crippen molar-refractivity contribution >= 4 is 0 Å². The number of alkyl halides is 6. The highest BCUT2D eigenvalue weighted by atomic mass is 19.4. The molecule has 2 N–H and O–H groups in total. The lowest BCUT2D eigenvalue weighted by molar-refractivity contribution is -0.229. The molecule has 33 heavy (non-hydrogen) atoms. The second-order valence-corrected chi connectivity index (χ2v) is 7.68. The van der Waals surface area contributed by atoms with E-state index >= 15 is 0 Å². The van der Waals surface area contributed by atoms with Gasteiger partial charge in [-0.15, -0.1) is 0 Å². The fourth-order valence-corrected chi connectivity index (χ4v) is 3.74. The molecule has 182 valence electrons. The smallest absolute Gasteiger partial charge is 0.349 e. The SMILES string of the molecule is CC(OC1OCCN(CCN)C1c1ccc(F)cc1)c1cc(C(F)(F)F)cc(C(F)(F)F)c1. The Morgan fingerprint density at radius 3 is 2.12 bits per heavy atom. The largest absolute Gasteiger partial charge is 0.416 e. The van der Waals surface area contributed by atoms with Crippen LogP contribution in [0.5, 0.6) is 0 Å². The van der Waals surface area contributed by atoms with Crippen LogP contribution in [0.2, 0.25) is 0 Å². The first kappa shape index (κ1) is 25.4. The number of nitrogens with zero attached hydrogens (tertiary/aromatic N) is 1. The van der Waals surface area contributed by atoms with Crippen LogP contribution < -0.4 is 5.73 Å². The highest BCUT2D eigenvalue weighted by Gasteiger charge is 2.39. The summed E-state index contributed by atoms with van der Waals surface area (Å²) >= 11 is 0. The Bertz CT molecular complexity index is 898. The summed E-state index contributed by atoms with van der Waals surface area (Å²) in [5.41, 5.74) is 3.15. The predicted molar refractivity (Wildman–Crippen MR) is 105 cm³/mol. The highest BCUT2D eigenvalue weighted by Crippen LogP contribution is 2.39. The van der Waals surface area contributed by atoms with Gasteiger partial charge in [-0.05, 0) is 48.4 Å². The molecular weight excluding hydrogens is 457 g/mol. The van der Waals surface area contributed by atoms with Crippen LogP contribution in [-0.4, -0.2) is 37.4 Å². The Kier molecular flexibility index (Phi) is 7.67. The minimum absolute atomic E-state index is 0.0671. The molecule has 1 aliphatic rings. The average Bonchev–Trinajstić information content (AvgIpc) is 2.73. The third kappa shape index (κ3) is 6.23. The van der Waals surface area contributed by atoms with Crippen LogP contribution in [0.4, 0.5) is 30.7 Å². The van der Waals surface area contributed by atoms with Crippen molar-refractivity contribution in [3.63, 3.8) is 0 Å². The van der Waals surface area contributed by atoms with E-state index in [1.807, 2.05) is 4.90 Å². The van der Waals surface area contributed by atoms with Crippen LogP contribution in [0.25, 0.3) is 0 Å². The molecule has 2 aromatic carbocycles. The minimum atomic E-state index is -4.97. The van der Waals surface area contributed by atoms with Gasteiger partial charge in [-0.2, -0.15) is 26.3 Å². The molecular formula is C22H23F7N2O2. The maximum absolute atomic E-state index is 13.4. The van der Waals surface area contributed by atoms with Gasteiger partial charge in [-0.1, -0.05) is 12.1 Å². The average molecular weight is 480 g/mol. The summed E-state index contributed by atoms with van der Waals surface area (Å²) in [5, 5.41) is 0. The molecule has 0 aromatic heterocycles. The normalized spacial score (nSPS) is 21.2. The van der Waals surface area contributed by atoms with Crippen LogP contribution >= 0.6 is 0 Å². The van der Waals surface area contributed by atoms with E-state index in [4.69, 9.17) is 15.2 Å². The molecule has 2 aromatic rings. The first-order valence-electron chi connectivity index (χ1n) is 10.2. The van der Waals surface area contributed by atoms with Crippen molar-refractivity contribution in [2.24, 2.45) is 5.73 Å². The topological polar surface area (TPSA) is 47.7 Å². The number of nitrogens with two attached hydrogens (primary N) is 1. The summed E-state index contributed by atoms with van der Waals surface area (Å²) in [6, 6.07) is 6.27. The van der Waals surface area contributed by atoms with E-state index in [1.54, 1.807) is 0 Å². The molecule has 0 aliphatic carbocycles.